The Kier molecular flexibility index (Phi) is 4.41. The quantitative estimate of drug-likeness (QED) is 0.495. The first-order chi connectivity index (χ1) is 9.16. The molecule has 0 unspecified atom stereocenters. The highest BCUT2D eigenvalue weighted by Gasteiger charge is 2.07. The second-order valence-corrected chi connectivity index (χ2v) is 4.72. The molecule has 0 spiro atoms. The Balaban J connectivity index is 2.08. The fraction of sp³-hybridized carbons (Fsp3) is 0.0714. The van der Waals surface area contributed by atoms with Gasteiger partial charge in [-0.2, -0.15) is 0 Å². The molecule has 96 valence electrons. The molecule has 2 rings (SSSR count). The lowest BCUT2D eigenvalue weighted by Gasteiger charge is -2.01. The highest BCUT2D eigenvalue weighted by atomic mass is 79.9. The molecule has 0 amide bonds. The number of carbonyl (C=O) groups excluding carboxylic acids is 1. The number of carbonyl (C=O) groups is 1. The molecule has 19 heavy (non-hydrogen) atoms. The van der Waals surface area contributed by atoms with Crippen molar-refractivity contribution in [1.29, 1.82) is 0 Å². The molecule has 0 aliphatic rings. The van der Waals surface area contributed by atoms with Crippen LogP contribution >= 0.6 is 15.9 Å². The number of aromatic nitrogens is 1. The third-order valence-corrected chi connectivity index (χ3v) is 2.92. The standard InChI is InChI=1S/C14H11BrN2O2/c1-10(11-5-7-16-8-6-11)17-19-14(18)12-3-2-4-13(15)9-12/h2-9H,1H3/b17-10+. The van der Waals surface area contributed by atoms with Crippen LogP contribution < -0.4 is 0 Å². The van der Waals surface area contributed by atoms with Crippen molar-refractivity contribution in [3.8, 4) is 0 Å². The van der Waals surface area contributed by atoms with E-state index in [2.05, 4.69) is 26.1 Å². The zero-order valence-electron chi connectivity index (χ0n) is 10.2. The van der Waals surface area contributed by atoms with Gasteiger partial charge in [0.05, 0.1) is 11.3 Å². The van der Waals surface area contributed by atoms with Crippen LogP contribution in [0.5, 0.6) is 0 Å². The van der Waals surface area contributed by atoms with Crippen LogP contribution in [-0.2, 0) is 4.84 Å². The van der Waals surface area contributed by atoms with Crippen LogP contribution in [0.4, 0.5) is 0 Å². The molecule has 2 aromatic rings. The van der Waals surface area contributed by atoms with E-state index in [9.17, 15) is 4.79 Å². The van der Waals surface area contributed by atoms with Crippen LogP contribution in [0.15, 0.2) is 58.4 Å². The summed E-state index contributed by atoms with van der Waals surface area (Å²) in [5.74, 6) is -0.491. The largest absolute Gasteiger partial charge is 0.365 e. The summed E-state index contributed by atoms with van der Waals surface area (Å²) in [6, 6.07) is 10.5. The minimum atomic E-state index is -0.491. The van der Waals surface area contributed by atoms with Gasteiger partial charge in [0.1, 0.15) is 0 Å². The van der Waals surface area contributed by atoms with Crippen molar-refractivity contribution in [2.24, 2.45) is 5.16 Å². The van der Waals surface area contributed by atoms with Crippen LogP contribution in [0.25, 0.3) is 0 Å². The molecular weight excluding hydrogens is 308 g/mol. The van der Waals surface area contributed by atoms with Gasteiger partial charge in [-0.25, -0.2) is 4.79 Å². The predicted molar refractivity (Wildman–Crippen MR) is 76.0 cm³/mol. The van der Waals surface area contributed by atoms with Crippen molar-refractivity contribution in [3.63, 3.8) is 0 Å². The Morgan fingerprint density at radius 2 is 1.95 bits per heavy atom. The first-order valence-electron chi connectivity index (χ1n) is 5.59. The lowest BCUT2D eigenvalue weighted by atomic mass is 10.2. The zero-order valence-corrected chi connectivity index (χ0v) is 11.8. The summed E-state index contributed by atoms with van der Waals surface area (Å²) in [5, 5.41) is 3.82. The van der Waals surface area contributed by atoms with Crippen molar-refractivity contribution < 1.29 is 9.63 Å². The van der Waals surface area contributed by atoms with Crippen LogP contribution in [0, 0.1) is 0 Å². The van der Waals surface area contributed by atoms with Crippen molar-refractivity contribution in [3.05, 3.63) is 64.4 Å². The number of rotatable bonds is 3. The first-order valence-corrected chi connectivity index (χ1v) is 6.38. The van der Waals surface area contributed by atoms with Gasteiger partial charge in [-0.15, -0.1) is 0 Å². The molecule has 0 bridgehead atoms. The summed E-state index contributed by atoms with van der Waals surface area (Å²) < 4.78 is 0.816. The molecule has 1 heterocycles. The number of oxime groups is 1. The lowest BCUT2D eigenvalue weighted by Crippen LogP contribution is -2.03. The zero-order chi connectivity index (χ0) is 13.7. The third-order valence-electron chi connectivity index (χ3n) is 2.42. The van der Waals surface area contributed by atoms with Gasteiger partial charge in [0.25, 0.3) is 0 Å². The van der Waals surface area contributed by atoms with Crippen molar-refractivity contribution >= 4 is 27.6 Å². The van der Waals surface area contributed by atoms with E-state index in [0.717, 1.165) is 10.0 Å². The van der Waals surface area contributed by atoms with Crippen molar-refractivity contribution in [1.82, 2.24) is 4.98 Å². The maximum Gasteiger partial charge on any atom is 0.365 e. The van der Waals surface area contributed by atoms with Crippen molar-refractivity contribution in [2.75, 3.05) is 0 Å². The molecule has 0 radical (unpaired) electrons. The Hall–Kier alpha value is -2.01. The minimum Gasteiger partial charge on any atom is -0.313 e. The monoisotopic (exact) mass is 318 g/mol. The van der Waals surface area contributed by atoms with Crippen LogP contribution in [0.2, 0.25) is 0 Å². The van der Waals surface area contributed by atoms with Gasteiger partial charge >= 0.3 is 5.97 Å². The Labute approximate surface area is 119 Å². The molecule has 0 aliphatic heterocycles. The summed E-state index contributed by atoms with van der Waals surface area (Å²) in [6.45, 7) is 1.77. The average molecular weight is 319 g/mol. The van der Waals surface area contributed by atoms with Crippen LogP contribution in [0.1, 0.15) is 22.8 Å². The highest BCUT2D eigenvalue weighted by molar-refractivity contribution is 9.10. The Morgan fingerprint density at radius 3 is 2.63 bits per heavy atom. The van der Waals surface area contributed by atoms with Gasteiger partial charge in [0, 0.05) is 22.4 Å². The smallest absolute Gasteiger partial charge is 0.313 e. The van der Waals surface area contributed by atoms with E-state index < -0.39 is 5.97 Å². The molecule has 0 atom stereocenters. The molecule has 5 heteroatoms. The number of hydrogen-bond acceptors (Lipinski definition) is 4. The van der Waals surface area contributed by atoms with Crippen LogP contribution in [-0.4, -0.2) is 16.7 Å². The van der Waals surface area contributed by atoms with Gasteiger partial charge in [-0.05, 0) is 37.3 Å². The number of halogens is 1. The molecule has 0 fully saturated rings. The second kappa shape index (κ2) is 6.24. The van der Waals surface area contributed by atoms with E-state index in [1.807, 2.05) is 6.07 Å². The maximum atomic E-state index is 11.8. The molecule has 0 aliphatic carbocycles. The number of pyridine rings is 1. The molecule has 0 N–H and O–H groups in total. The minimum absolute atomic E-state index is 0.445. The number of hydrogen-bond donors (Lipinski definition) is 0. The number of nitrogens with zero attached hydrogens (tertiary/aromatic N) is 2. The van der Waals surface area contributed by atoms with Crippen molar-refractivity contribution in [2.45, 2.75) is 6.92 Å². The lowest BCUT2D eigenvalue weighted by molar-refractivity contribution is 0.0516. The van der Waals surface area contributed by atoms with E-state index in [1.54, 1.807) is 49.6 Å². The summed E-state index contributed by atoms with van der Waals surface area (Å²) in [5.41, 5.74) is 1.92. The SMILES string of the molecule is C/C(=N\OC(=O)c1cccc(Br)c1)c1ccncc1. The normalized spacial score (nSPS) is 11.2. The molecule has 1 aromatic carbocycles. The van der Waals surface area contributed by atoms with Gasteiger partial charge in [0.2, 0.25) is 0 Å². The molecule has 0 saturated carbocycles. The average Bonchev–Trinajstić information content (AvgIpc) is 2.45. The Morgan fingerprint density at radius 1 is 1.21 bits per heavy atom. The van der Waals surface area contributed by atoms with Gasteiger partial charge in [-0.3, -0.25) is 4.98 Å². The molecule has 4 nitrogen and oxygen atoms in total. The summed E-state index contributed by atoms with van der Waals surface area (Å²) in [4.78, 5) is 20.6. The van der Waals surface area contributed by atoms with E-state index in [1.165, 1.54) is 0 Å². The van der Waals surface area contributed by atoms with Gasteiger partial charge < -0.3 is 4.84 Å². The molecule has 0 saturated heterocycles. The molecule has 1 aromatic heterocycles. The fourth-order valence-corrected chi connectivity index (χ4v) is 1.82. The fourth-order valence-electron chi connectivity index (χ4n) is 1.42. The van der Waals surface area contributed by atoms with Gasteiger partial charge in [-0.1, -0.05) is 27.2 Å². The van der Waals surface area contributed by atoms with E-state index in [-0.39, 0.29) is 0 Å². The van der Waals surface area contributed by atoms with E-state index >= 15 is 0 Å². The van der Waals surface area contributed by atoms with E-state index in [0.29, 0.717) is 11.3 Å². The van der Waals surface area contributed by atoms with Crippen LogP contribution in [0.3, 0.4) is 0 Å². The highest BCUT2D eigenvalue weighted by Crippen LogP contribution is 2.12. The Bertz CT molecular complexity index is 612. The third kappa shape index (κ3) is 3.72. The van der Waals surface area contributed by atoms with E-state index in [4.69, 9.17) is 4.84 Å². The summed E-state index contributed by atoms with van der Waals surface area (Å²) in [7, 11) is 0. The van der Waals surface area contributed by atoms with Gasteiger partial charge in [0.15, 0.2) is 0 Å². The topological polar surface area (TPSA) is 51.5 Å². The molecular formula is C14H11BrN2O2. The second-order valence-electron chi connectivity index (χ2n) is 3.80. The maximum absolute atomic E-state index is 11.8. The number of benzene rings is 1. The predicted octanol–water partition coefficient (Wildman–Crippen LogP) is 3.43. The first kappa shape index (κ1) is 13.4. The summed E-state index contributed by atoms with van der Waals surface area (Å²) >= 11 is 3.30. The summed E-state index contributed by atoms with van der Waals surface area (Å²) in [6.07, 6.45) is 3.31.